The SMILES string of the molecule is Nc1ccc2oc(C(=O)N3CCCO3)cc2c1. The minimum Gasteiger partial charge on any atom is -0.451 e. The Bertz CT molecular complexity index is 570. The molecule has 2 N–H and O–H groups in total. The highest BCUT2D eigenvalue weighted by molar-refractivity contribution is 5.96. The Labute approximate surface area is 97.7 Å². The molecule has 88 valence electrons. The second-order valence-electron chi connectivity index (χ2n) is 4.00. The number of hydrogen-bond donors (Lipinski definition) is 1. The molecule has 0 atom stereocenters. The van der Waals surface area contributed by atoms with E-state index in [1.165, 1.54) is 5.06 Å². The van der Waals surface area contributed by atoms with Gasteiger partial charge in [0.05, 0.1) is 13.2 Å². The molecule has 0 saturated carbocycles. The van der Waals surface area contributed by atoms with E-state index in [1.54, 1.807) is 24.3 Å². The smallest absolute Gasteiger partial charge is 0.313 e. The predicted molar refractivity (Wildman–Crippen MR) is 62.2 cm³/mol. The number of furan rings is 1. The molecule has 2 aromatic rings. The summed E-state index contributed by atoms with van der Waals surface area (Å²) in [6.07, 6.45) is 0.860. The lowest BCUT2D eigenvalue weighted by atomic mass is 10.2. The molecule has 0 aliphatic carbocycles. The van der Waals surface area contributed by atoms with E-state index >= 15 is 0 Å². The maximum atomic E-state index is 12.0. The molecule has 2 heterocycles. The molecule has 1 fully saturated rings. The van der Waals surface area contributed by atoms with Crippen molar-refractivity contribution in [1.82, 2.24) is 5.06 Å². The van der Waals surface area contributed by atoms with Crippen LogP contribution in [0.15, 0.2) is 28.7 Å². The quantitative estimate of drug-likeness (QED) is 0.761. The number of fused-ring (bicyclic) bond motifs is 1. The van der Waals surface area contributed by atoms with Gasteiger partial charge in [0.25, 0.3) is 0 Å². The fraction of sp³-hybridized carbons (Fsp3) is 0.250. The lowest BCUT2D eigenvalue weighted by Crippen LogP contribution is -2.25. The van der Waals surface area contributed by atoms with Gasteiger partial charge in [-0.2, -0.15) is 0 Å². The monoisotopic (exact) mass is 232 g/mol. The van der Waals surface area contributed by atoms with E-state index < -0.39 is 0 Å². The van der Waals surface area contributed by atoms with Gasteiger partial charge >= 0.3 is 5.91 Å². The highest BCUT2D eigenvalue weighted by atomic mass is 16.7. The maximum Gasteiger partial charge on any atom is 0.313 e. The molecule has 0 bridgehead atoms. The Hall–Kier alpha value is -2.01. The standard InChI is InChI=1S/C12H12N2O3/c13-9-2-3-10-8(6-9)7-11(17-10)12(15)14-4-1-5-16-14/h2-3,6-7H,1,4-5,13H2. The van der Waals surface area contributed by atoms with E-state index in [0.29, 0.717) is 24.4 Å². The zero-order valence-electron chi connectivity index (χ0n) is 9.18. The van der Waals surface area contributed by atoms with E-state index in [0.717, 1.165) is 11.8 Å². The van der Waals surface area contributed by atoms with Crippen LogP contribution in [0, 0.1) is 0 Å². The molecular weight excluding hydrogens is 220 g/mol. The Morgan fingerprint density at radius 3 is 3.00 bits per heavy atom. The fourth-order valence-electron chi connectivity index (χ4n) is 1.90. The summed E-state index contributed by atoms with van der Waals surface area (Å²) < 4.78 is 5.47. The van der Waals surface area contributed by atoms with Crippen LogP contribution in [0.3, 0.4) is 0 Å². The molecule has 1 aromatic carbocycles. The van der Waals surface area contributed by atoms with Gasteiger partial charge in [0.15, 0.2) is 5.76 Å². The zero-order valence-corrected chi connectivity index (χ0v) is 9.18. The van der Waals surface area contributed by atoms with Crippen LogP contribution < -0.4 is 5.73 Å². The van der Waals surface area contributed by atoms with Crippen molar-refractivity contribution in [2.45, 2.75) is 6.42 Å². The third kappa shape index (κ3) is 1.74. The first-order valence-electron chi connectivity index (χ1n) is 5.48. The maximum absolute atomic E-state index is 12.0. The van der Waals surface area contributed by atoms with Gasteiger partial charge in [-0.1, -0.05) is 0 Å². The summed E-state index contributed by atoms with van der Waals surface area (Å²) in [5.74, 6) is 0.0461. The van der Waals surface area contributed by atoms with E-state index in [9.17, 15) is 4.79 Å². The van der Waals surface area contributed by atoms with Crippen LogP contribution in [0.4, 0.5) is 5.69 Å². The van der Waals surface area contributed by atoms with Crippen LogP contribution in [-0.2, 0) is 4.84 Å². The largest absolute Gasteiger partial charge is 0.451 e. The van der Waals surface area contributed by atoms with Gasteiger partial charge in [0.2, 0.25) is 0 Å². The molecule has 1 saturated heterocycles. The van der Waals surface area contributed by atoms with Crippen LogP contribution >= 0.6 is 0 Å². The summed E-state index contributed by atoms with van der Waals surface area (Å²) >= 11 is 0. The van der Waals surface area contributed by atoms with Gasteiger partial charge in [-0.25, -0.2) is 5.06 Å². The summed E-state index contributed by atoms with van der Waals surface area (Å²) in [5.41, 5.74) is 6.97. The lowest BCUT2D eigenvalue weighted by molar-refractivity contribution is -0.0783. The lowest BCUT2D eigenvalue weighted by Gasteiger charge is -2.10. The van der Waals surface area contributed by atoms with E-state index in [1.807, 2.05) is 0 Å². The molecule has 17 heavy (non-hydrogen) atoms. The van der Waals surface area contributed by atoms with Gasteiger partial charge < -0.3 is 10.2 Å². The molecule has 0 radical (unpaired) electrons. The molecular formula is C12H12N2O3. The molecule has 0 unspecified atom stereocenters. The van der Waals surface area contributed by atoms with Gasteiger partial charge in [-0.3, -0.25) is 9.63 Å². The number of amides is 1. The third-order valence-corrected chi connectivity index (χ3v) is 2.73. The number of rotatable bonds is 1. The molecule has 0 spiro atoms. The van der Waals surface area contributed by atoms with Gasteiger partial charge in [-0.05, 0) is 30.7 Å². The summed E-state index contributed by atoms with van der Waals surface area (Å²) in [7, 11) is 0. The minimum atomic E-state index is -0.239. The van der Waals surface area contributed by atoms with E-state index in [4.69, 9.17) is 15.0 Å². The normalized spacial score (nSPS) is 15.6. The number of nitrogens with two attached hydrogens (primary N) is 1. The third-order valence-electron chi connectivity index (χ3n) is 2.73. The van der Waals surface area contributed by atoms with Crippen molar-refractivity contribution in [2.75, 3.05) is 18.9 Å². The first kappa shape index (κ1) is 10.2. The van der Waals surface area contributed by atoms with Gasteiger partial charge in [-0.15, -0.1) is 0 Å². The highest BCUT2D eigenvalue weighted by Crippen LogP contribution is 2.23. The van der Waals surface area contributed by atoms with Crippen molar-refractivity contribution < 1.29 is 14.0 Å². The average Bonchev–Trinajstić information content (AvgIpc) is 2.96. The predicted octanol–water partition coefficient (Wildman–Crippen LogP) is 1.79. The van der Waals surface area contributed by atoms with Crippen LogP contribution in [0.25, 0.3) is 11.0 Å². The van der Waals surface area contributed by atoms with Crippen LogP contribution in [0.5, 0.6) is 0 Å². The van der Waals surface area contributed by atoms with Crippen molar-refractivity contribution in [3.8, 4) is 0 Å². The summed E-state index contributed by atoms with van der Waals surface area (Å²) in [5, 5.41) is 2.16. The Morgan fingerprint density at radius 1 is 1.35 bits per heavy atom. The number of benzene rings is 1. The molecule has 1 aliphatic heterocycles. The molecule has 1 aromatic heterocycles. The minimum absolute atomic E-state index is 0.239. The number of carbonyl (C=O) groups is 1. The Kier molecular flexibility index (Phi) is 2.26. The molecule has 1 amide bonds. The van der Waals surface area contributed by atoms with Crippen molar-refractivity contribution in [1.29, 1.82) is 0 Å². The summed E-state index contributed by atoms with van der Waals surface area (Å²) in [6, 6.07) is 6.97. The Morgan fingerprint density at radius 2 is 2.24 bits per heavy atom. The Balaban J connectivity index is 1.97. The number of carbonyl (C=O) groups excluding carboxylic acids is 1. The summed E-state index contributed by atoms with van der Waals surface area (Å²) in [4.78, 5) is 17.2. The van der Waals surface area contributed by atoms with Crippen LogP contribution in [0.2, 0.25) is 0 Å². The topological polar surface area (TPSA) is 68.7 Å². The van der Waals surface area contributed by atoms with Gasteiger partial charge in [0.1, 0.15) is 5.58 Å². The van der Waals surface area contributed by atoms with E-state index in [2.05, 4.69) is 0 Å². The van der Waals surface area contributed by atoms with Crippen molar-refractivity contribution >= 4 is 22.6 Å². The first-order chi connectivity index (χ1) is 8.24. The fourth-order valence-corrected chi connectivity index (χ4v) is 1.90. The van der Waals surface area contributed by atoms with Crippen LogP contribution in [0.1, 0.15) is 17.0 Å². The molecule has 1 aliphatic rings. The number of nitrogens with zero attached hydrogens (tertiary/aromatic N) is 1. The number of nitrogen functional groups attached to an aromatic ring is 1. The highest BCUT2D eigenvalue weighted by Gasteiger charge is 2.23. The van der Waals surface area contributed by atoms with Crippen molar-refractivity contribution in [2.24, 2.45) is 0 Å². The molecule has 5 heteroatoms. The van der Waals surface area contributed by atoms with E-state index in [-0.39, 0.29) is 11.7 Å². The van der Waals surface area contributed by atoms with Crippen molar-refractivity contribution in [3.05, 3.63) is 30.0 Å². The number of hydroxylamine groups is 2. The number of hydrogen-bond acceptors (Lipinski definition) is 4. The molecule has 3 rings (SSSR count). The zero-order chi connectivity index (χ0) is 11.8. The second-order valence-corrected chi connectivity index (χ2v) is 4.00. The first-order valence-corrected chi connectivity index (χ1v) is 5.48. The van der Waals surface area contributed by atoms with Crippen LogP contribution in [-0.4, -0.2) is 24.1 Å². The number of anilines is 1. The summed E-state index contributed by atoms with van der Waals surface area (Å²) in [6.45, 7) is 1.19. The van der Waals surface area contributed by atoms with Gasteiger partial charge in [0, 0.05) is 11.1 Å². The molecule has 5 nitrogen and oxygen atoms in total. The average molecular weight is 232 g/mol. The second kappa shape index (κ2) is 3.78. The van der Waals surface area contributed by atoms with Crippen molar-refractivity contribution in [3.63, 3.8) is 0 Å².